The van der Waals surface area contributed by atoms with E-state index in [2.05, 4.69) is 20.1 Å². The number of aromatic nitrogens is 4. The van der Waals surface area contributed by atoms with Gasteiger partial charge in [-0.2, -0.15) is 4.80 Å². The van der Waals surface area contributed by atoms with E-state index in [0.29, 0.717) is 34.0 Å². The molecule has 2 aromatic heterocycles. The Labute approximate surface area is 142 Å². The van der Waals surface area contributed by atoms with Gasteiger partial charge in [-0.25, -0.2) is 4.79 Å². The highest BCUT2D eigenvalue weighted by Gasteiger charge is 2.16. The van der Waals surface area contributed by atoms with Crippen molar-refractivity contribution in [1.29, 1.82) is 0 Å². The number of nitrogens with two attached hydrogens (primary N) is 1. The van der Waals surface area contributed by atoms with E-state index >= 15 is 0 Å². The fourth-order valence-electron chi connectivity index (χ4n) is 2.28. The van der Waals surface area contributed by atoms with Crippen LogP contribution >= 0.6 is 0 Å². The molecule has 128 valence electrons. The molecule has 0 bridgehead atoms. The molecule has 0 saturated carbocycles. The zero-order valence-corrected chi connectivity index (χ0v) is 13.6. The number of hydrogen-bond acceptors (Lipinski definition) is 7. The molecular weight excluding hydrogens is 326 g/mol. The second-order valence-electron chi connectivity index (χ2n) is 5.26. The van der Waals surface area contributed by atoms with E-state index in [4.69, 9.17) is 10.2 Å². The minimum Gasteiger partial charge on any atom is -0.465 e. The average molecular weight is 341 g/mol. The molecule has 0 spiro atoms. The van der Waals surface area contributed by atoms with Gasteiger partial charge in [0.2, 0.25) is 11.7 Å². The molecular formula is C16H15N5O4. The van der Waals surface area contributed by atoms with Crippen LogP contribution in [0.3, 0.4) is 0 Å². The van der Waals surface area contributed by atoms with Crippen LogP contribution in [0.15, 0.2) is 34.7 Å². The Balaban J connectivity index is 1.78. The van der Waals surface area contributed by atoms with E-state index in [1.807, 2.05) is 0 Å². The molecule has 0 saturated heterocycles. The van der Waals surface area contributed by atoms with Crippen molar-refractivity contribution in [2.45, 2.75) is 13.5 Å². The van der Waals surface area contributed by atoms with Crippen molar-refractivity contribution < 1.29 is 18.7 Å². The van der Waals surface area contributed by atoms with Gasteiger partial charge in [0.15, 0.2) is 0 Å². The topological polar surface area (TPSA) is 126 Å². The van der Waals surface area contributed by atoms with Gasteiger partial charge in [-0.05, 0) is 30.3 Å². The molecule has 9 nitrogen and oxygen atoms in total. The Kier molecular flexibility index (Phi) is 4.29. The smallest absolute Gasteiger partial charge is 0.341 e. The molecule has 0 aliphatic rings. The molecule has 2 heterocycles. The maximum atomic E-state index is 11.6. The van der Waals surface area contributed by atoms with Gasteiger partial charge in [-0.15, -0.1) is 10.2 Å². The zero-order chi connectivity index (χ0) is 18.0. The normalized spacial score (nSPS) is 10.6. The van der Waals surface area contributed by atoms with Gasteiger partial charge < -0.3 is 14.9 Å². The average Bonchev–Trinajstić information content (AvgIpc) is 3.21. The van der Waals surface area contributed by atoms with Crippen LogP contribution in [0.1, 0.15) is 32.2 Å². The predicted molar refractivity (Wildman–Crippen MR) is 85.7 cm³/mol. The van der Waals surface area contributed by atoms with E-state index in [0.717, 1.165) is 0 Å². The maximum Gasteiger partial charge on any atom is 0.341 e. The fourth-order valence-corrected chi connectivity index (χ4v) is 2.28. The SMILES string of the molecule is COC(=O)c1cc(Cn2nnc(-c3ccc(C(N)=O)cc3)n2)oc1C. The van der Waals surface area contributed by atoms with Crippen LogP contribution in [0, 0.1) is 6.92 Å². The number of esters is 1. The third-order valence-electron chi connectivity index (χ3n) is 3.55. The lowest BCUT2D eigenvalue weighted by Crippen LogP contribution is -2.10. The number of methoxy groups -OCH3 is 1. The number of carbonyl (C=O) groups excluding carboxylic acids is 2. The van der Waals surface area contributed by atoms with Crippen molar-refractivity contribution in [3.8, 4) is 11.4 Å². The number of aryl methyl sites for hydroxylation is 1. The standard InChI is InChI=1S/C16H15N5O4/c1-9-13(16(23)24-2)7-12(25-9)8-21-19-15(18-20-21)11-5-3-10(4-6-11)14(17)22/h3-7H,8H2,1-2H3,(H2,17,22). The van der Waals surface area contributed by atoms with Crippen molar-refractivity contribution >= 4 is 11.9 Å². The number of rotatable bonds is 5. The monoisotopic (exact) mass is 341 g/mol. The summed E-state index contributed by atoms with van der Waals surface area (Å²) in [4.78, 5) is 24.0. The lowest BCUT2D eigenvalue weighted by Gasteiger charge is -1.97. The summed E-state index contributed by atoms with van der Waals surface area (Å²) in [5, 5.41) is 12.2. The lowest BCUT2D eigenvalue weighted by atomic mass is 10.1. The van der Waals surface area contributed by atoms with E-state index in [-0.39, 0.29) is 6.54 Å². The molecule has 0 fully saturated rings. The molecule has 0 radical (unpaired) electrons. The van der Waals surface area contributed by atoms with Crippen LogP contribution in [-0.2, 0) is 11.3 Å². The van der Waals surface area contributed by atoms with E-state index < -0.39 is 11.9 Å². The zero-order valence-electron chi connectivity index (χ0n) is 13.6. The Bertz CT molecular complexity index is 926. The van der Waals surface area contributed by atoms with E-state index in [1.165, 1.54) is 11.9 Å². The van der Waals surface area contributed by atoms with Gasteiger partial charge in [-0.3, -0.25) is 4.79 Å². The lowest BCUT2D eigenvalue weighted by molar-refractivity contribution is 0.0598. The van der Waals surface area contributed by atoms with Crippen LogP contribution in [0.4, 0.5) is 0 Å². The van der Waals surface area contributed by atoms with E-state index in [1.54, 1.807) is 37.3 Å². The molecule has 0 unspecified atom stereocenters. The number of carbonyl (C=O) groups is 2. The van der Waals surface area contributed by atoms with Gasteiger partial charge in [-0.1, -0.05) is 12.1 Å². The molecule has 3 rings (SSSR count). The molecule has 0 aliphatic carbocycles. The van der Waals surface area contributed by atoms with Crippen LogP contribution < -0.4 is 5.73 Å². The van der Waals surface area contributed by atoms with Gasteiger partial charge >= 0.3 is 5.97 Å². The minimum absolute atomic E-state index is 0.213. The number of nitrogens with zero attached hydrogens (tertiary/aromatic N) is 4. The van der Waals surface area contributed by atoms with Gasteiger partial charge in [0.25, 0.3) is 0 Å². The summed E-state index contributed by atoms with van der Waals surface area (Å²) in [6.45, 7) is 1.89. The maximum absolute atomic E-state index is 11.6. The number of primary amides is 1. The summed E-state index contributed by atoms with van der Waals surface area (Å²) >= 11 is 0. The second-order valence-corrected chi connectivity index (χ2v) is 5.26. The summed E-state index contributed by atoms with van der Waals surface area (Å²) in [5.41, 5.74) is 6.67. The van der Waals surface area contributed by atoms with Gasteiger partial charge in [0, 0.05) is 11.1 Å². The summed E-state index contributed by atoms with van der Waals surface area (Å²) in [7, 11) is 1.31. The molecule has 2 N–H and O–H groups in total. The minimum atomic E-state index is -0.502. The molecule has 3 aromatic rings. The predicted octanol–water partition coefficient (Wildman–Crippen LogP) is 1.18. The number of hydrogen-bond donors (Lipinski definition) is 1. The van der Waals surface area contributed by atoms with Crippen molar-refractivity contribution in [2.24, 2.45) is 5.73 Å². The molecule has 25 heavy (non-hydrogen) atoms. The Morgan fingerprint density at radius 2 is 2.00 bits per heavy atom. The summed E-state index contributed by atoms with van der Waals surface area (Å²) in [6, 6.07) is 8.15. The summed E-state index contributed by atoms with van der Waals surface area (Å²) in [5.74, 6) is 0.398. The van der Waals surface area contributed by atoms with Gasteiger partial charge in [0.1, 0.15) is 23.6 Å². The number of tetrazole rings is 1. The summed E-state index contributed by atoms with van der Waals surface area (Å²) in [6.07, 6.45) is 0. The van der Waals surface area contributed by atoms with Crippen LogP contribution in [0.2, 0.25) is 0 Å². The molecule has 1 aromatic carbocycles. The molecule has 0 atom stereocenters. The Hall–Kier alpha value is -3.49. The first kappa shape index (κ1) is 16.4. The number of ether oxygens (including phenoxy) is 1. The molecule has 0 aliphatic heterocycles. The van der Waals surface area contributed by atoms with Crippen molar-refractivity contribution in [1.82, 2.24) is 20.2 Å². The first-order valence-electron chi connectivity index (χ1n) is 7.33. The fraction of sp³-hybridized carbons (Fsp3) is 0.188. The third kappa shape index (κ3) is 3.39. The Morgan fingerprint density at radius 1 is 1.28 bits per heavy atom. The van der Waals surface area contributed by atoms with Crippen LogP contribution in [0.25, 0.3) is 11.4 Å². The van der Waals surface area contributed by atoms with Crippen molar-refractivity contribution in [3.05, 3.63) is 53.0 Å². The number of amides is 1. The highest BCUT2D eigenvalue weighted by Crippen LogP contribution is 2.17. The quantitative estimate of drug-likeness (QED) is 0.690. The Morgan fingerprint density at radius 3 is 2.64 bits per heavy atom. The van der Waals surface area contributed by atoms with Crippen molar-refractivity contribution in [3.63, 3.8) is 0 Å². The van der Waals surface area contributed by atoms with Crippen LogP contribution in [-0.4, -0.2) is 39.2 Å². The number of furan rings is 1. The molecule has 1 amide bonds. The summed E-state index contributed by atoms with van der Waals surface area (Å²) < 4.78 is 10.2. The second kappa shape index (κ2) is 6.56. The number of benzene rings is 1. The van der Waals surface area contributed by atoms with E-state index in [9.17, 15) is 9.59 Å². The first-order chi connectivity index (χ1) is 12.0. The highest BCUT2D eigenvalue weighted by atomic mass is 16.5. The molecule has 9 heteroatoms. The van der Waals surface area contributed by atoms with Gasteiger partial charge in [0.05, 0.1) is 7.11 Å². The highest BCUT2D eigenvalue weighted by molar-refractivity contribution is 5.93. The first-order valence-corrected chi connectivity index (χ1v) is 7.33. The van der Waals surface area contributed by atoms with Crippen molar-refractivity contribution in [2.75, 3.05) is 7.11 Å². The van der Waals surface area contributed by atoms with Crippen LogP contribution in [0.5, 0.6) is 0 Å². The largest absolute Gasteiger partial charge is 0.465 e. The third-order valence-corrected chi connectivity index (χ3v) is 3.55.